The first-order valence-electron chi connectivity index (χ1n) is 10.5. The normalized spacial score (nSPS) is 11.5. The standard InChI is InChI=1S/C26H25N3O3/c1-20(21-11-13-22(14-12-21)29-16-15-27-19-29)28-26(30)24-9-5-6-10-25(24)32-18-17-31-23-7-3-2-4-8-23/h2-16,19-20H,17-18H2,1H3,(H,28,30)/t20-/m0/s1. The summed E-state index contributed by atoms with van der Waals surface area (Å²) in [6.45, 7) is 2.69. The Hall–Kier alpha value is -4.06. The van der Waals surface area contributed by atoms with Gasteiger partial charge in [0.1, 0.15) is 24.7 Å². The lowest BCUT2D eigenvalue weighted by Crippen LogP contribution is -2.27. The Bertz CT molecular complexity index is 1130. The van der Waals surface area contributed by atoms with Crippen LogP contribution in [0.1, 0.15) is 28.9 Å². The van der Waals surface area contributed by atoms with Gasteiger partial charge in [-0.1, -0.05) is 42.5 Å². The van der Waals surface area contributed by atoms with Crippen LogP contribution in [0.3, 0.4) is 0 Å². The van der Waals surface area contributed by atoms with Crippen LogP contribution in [-0.2, 0) is 0 Å². The minimum Gasteiger partial charge on any atom is -0.490 e. The summed E-state index contributed by atoms with van der Waals surface area (Å²) in [5, 5.41) is 3.05. The number of carbonyl (C=O) groups is 1. The molecule has 1 aromatic heterocycles. The molecular formula is C26H25N3O3. The zero-order valence-corrected chi connectivity index (χ0v) is 17.8. The van der Waals surface area contributed by atoms with E-state index in [-0.39, 0.29) is 11.9 Å². The second kappa shape index (κ2) is 10.3. The van der Waals surface area contributed by atoms with Crippen molar-refractivity contribution in [2.24, 2.45) is 0 Å². The summed E-state index contributed by atoms with van der Waals surface area (Å²) in [5.41, 5.74) is 2.52. The van der Waals surface area contributed by atoms with Crippen molar-refractivity contribution < 1.29 is 14.3 Å². The summed E-state index contributed by atoms with van der Waals surface area (Å²) >= 11 is 0. The third-order valence-corrected chi connectivity index (χ3v) is 5.03. The van der Waals surface area contributed by atoms with Gasteiger partial charge in [0.15, 0.2) is 0 Å². The fraction of sp³-hybridized carbons (Fsp3) is 0.154. The van der Waals surface area contributed by atoms with E-state index < -0.39 is 0 Å². The molecule has 32 heavy (non-hydrogen) atoms. The minimum absolute atomic E-state index is 0.159. The van der Waals surface area contributed by atoms with Crippen LogP contribution in [0, 0.1) is 0 Å². The van der Waals surface area contributed by atoms with Gasteiger partial charge in [0.2, 0.25) is 0 Å². The fourth-order valence-corrected chi connectivity index (χ4v) is 3.31. The number of para-hydroxylation sites is 2. The van der Waals surface area contributed by atoms with Gasteiger partial charge in [0.05, 0.1) is 17.9 Å². The van der Waals surface area contributed by atoms with Gasteiger partial charge < -0.3 is 19.4 Å². The van der Waals surface area contributed by atoms with E-state index in [0.29, 0.717) is 24.5 Å². The average molecular weight is 428 g/mol. The summed E-state index contributed by atoms with van der Waals surface area (Å²) < 4.78 is 13.4. The highest BCUT2D eigenvalue weighted by Gasteiger charge is 2.15. The van der Waals surface area contributed by atoms with Crippen molar-refractivity contribution in [3.8, 4) is 17.2 Å². The molecule has 0 aliphatic heterocycles. The molecule has 6 nitrogen and oxygen atoms in total. The Morgan fingerprint density at radius 3 is 2.41 bits per heavy atom. The first-order chi connectivity index (χ1) is 15.7. The SMILES string of the molecule is C[C@H](NC(=O)c1ccccc1OCCOc1ccccc1)c1ccc(-n2ccnc2)cc1. The van der Waals surface area contributed by atoms with Gasteiger partial charge in [-0.25, -0.2) is 4.98 Å². The van der Waals surface area contributed by atoms with E-state index >= 15 is 0 Å². The van der Waals surface area contributed by atoms with Crippen LogP contribution >= 0.6 is 0 Å². The lowest BCUT2D eigenvalue weighted by molar-refractivity contribution is 0.0934. The lowest BCUT2D eigenvalue weighted by Gasteiger charge is -2.17. The van der Waals surface area contributed by atoms with E-state index in [9.17, 15) is 4.79 Å². The Labute approximate surface area is 187 Å². The third-order valence-electron chi connectivity index (χ3n) is 5.03. The number of nitrogens with one attached hydrogen (secondary N) is 1. The van der Waals surface area contributed by atoms with Crippen molar-refractivity contribution in [3.05, 3.63) is 109 Å². The largest absolute Gasteiger partial charge is 0.490 e. The number of ether oxygens (including phenoxy) is 2. The number of imidazole rings is 1. The van der Waals surface area contributed by atoms with E-state index in [0.717, 1.165) is 17.0 Å². The van der Waals surface area contributed by atoms with Crippen LogP contribution in [0.2, 0.25) is 0 Å². The molecular weight excluding hydrogens is 402 g/mol. The molecule has 162 valence electrons. The van der Waals surface area contributed by atoms with Gasteiger partial charge in [-0.15, -0.1) is 0 Å². The number of nitrogens with zero attached hydrogens (tertiary/aromatic N) is 2. The van der Waals surface area contributed by atoms with Gasteiger partial charge >= 0.3 is 0 Å². The average Bonchev–Trinajstić information content (AvgIpc) is 3.38. The van der Waals surface area contributed by atoms with Crippen LogP contribution in [0.5, 0.6) is 11.5 Å². The van der Waals surface area contributed by atoms with Crippen molar-refractivity contribution in [3.63, 3.8) is 0 Å². The zero-order valence-electron chi connectivity index (χ0n) is 17.8. The van der Waals surface area contributed by atoms with Crippen molar-refractivity contribution in [2.75, 3.05) is 13.2 Å². The molecule has 0 fully saturated rings. The number of carbonyl (C=O) groups excluding carboxylic acids is 1. The van der Waals surface area contributed by atoms with Crippen molar-refractivity contribution >= 4 is 5.91 Å². The molecule has 1 N–H and O–H groups in total. The highest BCUT2D eigenvalue weighted by molar-refractivity contribution is 5.97. The number of aromatic nitrogens is 2. The van der Waals surface area contributed by atoms with E-state index in [4.69, 9.17) is 9.47 Å². The molecule has 0 aliphatic carbocycles. The molecule has 0 aliphatic rings. The Morgan fingerprint density at radius 1 is 0.938 bits per heavy atom. The molecule has 0 unspecified atom stereocenters. The first kappa shape index (κ1) is 21.2. The molecule has 4 aromatic rings. The number of rotatable bonds is 9. The zero-order chi connectivity index (χ0) is 22.2. The molecule has 6 heteroatoms. The third kappa shape index (κ3) is 5.35. The van der Waals surface area contributed by atoms with Gasteiger partial charge in [-0.3, -0.25) is 4.79 Å². The summed E-state index contributed by atoms with van der Waals surface area (Å²) in [5.74, 6) is 1.13. The summed E-state index contributed by atoms with van der Waals surface area (Å²) in [6, 6.07) is 24.6. The molecule has 0 spiro atoms. The van der Waals surface area contributed by atoms with Crippen LogP contribution in [0.4, 0.5) is 0 Å². The maximum Gasteiger partial charge on any atom is 0.255 e. The van der Waals surface area contributed by atoms with Gasteiger partial charge in [-0.05, 0) is 48.9 Å². The highest BCUT2D eigenvalue weighted by atomic mass is 16.5. The fourth-order valence-electron chi connectivity index (χ4n) is 3.31. The number of amides is 1. The molecule has 1 amide bonds. The molecule has 0 radical (unpaired) electrons. The molecule has 0 saturated heterocycles. The van der Waals surface area contributed by atoms with E-state index in [1.165, 1.54) is 0 Å². The maximum absolute atomic E-state index is 12.9. The Kier molecular flexibility index (Phi) is 6.82. The Balaban J connectivity index is 1.34. The topological polar surface area (TPSA) is 65.4 Å². The summed E-state index contributed by atoms with van der Waals surface area (Å²) in [4.78, 5) is 17.0. The molecule has 0 saturated carbocycles. The second-order valence-corrected chi connectivity index (χ2v) is 7.26. The predicted octanol–water partition coefficient (Wildman–Crippen LogP) is 4.82. The summed E-state index contributed by atoms with van der Waals surface area (Å²) in [6.07, 6.45) is 5.38. The predicted molar refractivity (Wildman–Crippen MR) is 123 cm³/mol. The maximum atomic E-state index is 12.9. The lowest BCUT2D eigenvalue weighted by atomic mass is 10.1. The quantitative estimate of drug-likeness (QED) is 0.389. The number of benzene rings is 3. The monoisotopic (exact) mass is 427 g/mol. The smallest absolute Gasteiger partial charge is 0.255 e. The van der Waals surface area contributed by atoms with Crippen molar-refractivity contribution in [1.82, 2.24) is 14.9 Å². The molecule has 0 bridgehead atoms. The van der Waals surface area contributed by atoms with Gasteiger partial charge in [0.25, 0.3) is 5.91 Å². The van der Waals surface area contributed by atoms with E-state index in [2.05, 4.69) is 10.3 Å². The van der Waals surface area contributed by atoms with Crippen LogP contribution in [-0.4, -0.2) is 28.7 Å². The second-order valence-electron chi connectivity index (χ2n) is 7.26. The molecule has 1 heterocycles. The Morgan fingerprint density at radius 2 is 1.66 bits per heavy atom. The highest BCUT2D eigenvalue weighted by Crippen LogP contribution is 2.21. The summed E-state index contributed by atoms with van der Waals surface area (Å²) in [7, 11) is 0. The first-order valence-corrected chi connectivity index (χ1v) is 10.5. The molecule has 1 atom stereocenters. The minimum atomic E-state index is -0.184. The van der Waals surface area contributed by atoms with Gasteiger partial charge in [-0.2, -0.15) is 0 Å². The van der Waals surface area contributed by atoms with Crippen LogP contribution in [0.25, 0.3) is 5.69 Å². The number of hydrogen-bond donors (Lipinski definition) is 1. The van der Waals surface area contributed by atoms with E-state index in [1.807, 2.05) is 84.4 Å². The molecule has 3 aromatic carbocycles. The number of hydrogen-bond acceptors (Lipinski definition) is 4. The van der Waals surface area contributed by atoms with Crippen LogP contribution in [0.15, 0.2) is 97.6 Å². The van der Waals surface area contributed by atoms with E-state index in [1.54, 1.807) is 24.7 Å². The van der Waals surface area contributed by atoms with Gasteiger partial charge in [0, 0.05) is 18.1 Å². The molecule has 4 rings (SSSR count). The van der Waals surface area contributed by atoms with Crippen molar-refractivity contribution in [1.29, 1.82) is 0 Å². The van der Waals surface area contributed by atoms with Crippen LogP contribution < -0.4 is 14.8 Å². The van der Waals surface area contributed by atoms with Crippen molar-refractivity contribution in [2.45, 2.75) is 13.0 Å².